The lowest BCUT2D eigenvalue weighted by atomic mass is 9.72. The van der Waals surface area contributed by atoms with Crippen LogP contribution in [0.1, 0.15) is 43.2 Å². The topological polar surface area (TPSA) is 104 Å². The molecule has 0 aliphatic heterocycles. The van der Waals surface area contributed by atoms with Gasteiger partial charge in [0.25, 0.3) is 0 Å². The molecule has 0 bridgehead atoms. The average Bonchev–Trinajstić information content (AvgIpc) is 3.48. The van der Waals surface area contributed by atoms with Gasteiger partial charge in [0, 0.05) is 10.6 Å². The van der Waals surface area contributed by atoms with Crippen molar-refractivity contribution in [3.63, 3.8) is 0 Å². The first kappa shape index (κ1) is 26.0. The molecule has 1 atom stereocenters. The van der Waals surface area contributed by atoms with Gasteiger partial charge in [0.05, 0.1) is 16.9 Å². The van der Waals surface area contributed by atoms with E-state index in [1.165, 1.54) is 28.0 Å². The largest absolute Gasteiger partial charge is 0.507 e. The van der Waals surface area contributed by atoms with Crippen LogP contribution in [0.15, 0.2) is 59.8 Å². The molecule has 4 aromatic rings. The number of nitriles is 1. The summed E-state index contributed by atoms with van der Waals surface area (Å²) in [5, 5.41) is 33.1. The summed E-state index contributed by atoms with van der Waals surface area (Å²) < 4.78 is 1.84. The number of benzene rings is 2. The molecule has 9 heteroatoms. The molecule has 38 heavy (non-hydrogen) atoms. The van der Waals surface area contributed by atoms with Crippen LogP contribution in [0.5, 0.6) is 5.75 Å². The third kappa shape index (κ3) is 5.19. The fourth-order valence-electron chi connectivity index (χ4n) is 4.83. The first-order valence-corrected chi connectivity index (χ1v) is 14.3. The van der Waals surface area contributed by atoms with Crippen molar-refractivity contribution in [2.45, 2.75) is 45.2 Å². The van der Waals surface area contributed by atoms with Crippen LogP contribution < -0.4 is 5.32 Å². The molecule has 194 valence electrons. The predicted molar refractivity (Wildman–Crippen MR) is 152 cm³/mol. The van der Waals surface area contributed by atoms with Gasteiger partial charge < -0.3 is 10.4 Å². The lowest BCUT2D eigenvalue weighted by Gasteiger charge is -2.33. The number of anilines is 1. The summed E-state index contributed by atoms with van der Waals surface area (Å²) in [6.45, 7) is 6.79. The zero-order valence-corrected chi connectivity index (χ0v) is 23.2. The SMILES string of the molecule is CC(C)(C)[C@@H]1CCc2c(sc(NC(=O)CSc3nnc(-c4ccccc4O)n3-c3ccccc3)c2C#N)C1. The Hall–Kier alpha value is -3.61. The maximum atomic E-state index is 13.0. The summed E-state index contributed by atoms with van der Waals surface area (Å²) in [5.74, 6) is 1.05. The second-order valence-corrected chi connectivity index (χ2v) is 12.5. The van der Waals surface area contributed by atoms with Crippen molar-refractivity contribution in [3.8, 4) is 28.9 Å². The molecule has 2 aromatic heterocycles. The van der Waals surface area contributed by atoms with Gasteiger partial charge in [-0.1, -0.05) is 62.9 Å². The monoisotopic (exact) mass is 543 g/mol. The van der Waals surface area contributed by atoms with E-state index in [0.717, 1.165) is 30.5 Å². The quantitative estimate of drug-likeness (QED) is 0.271. The van der Waals surface area contributed by atoms with Crippen molar-refractivity contribution >= 4 is 34.0 Å². The molecule has 5 rings (SSSR count). The van der Waals surface area contributed by atoms with Crippen LogP contribution in [0, 0.1) is 22.7 Å². The Bertz CT molecular complexity index is 1510. The number of carbonyl (C=O) groups excluding carboxylic acids is 1. The van der Waals surface area contributed by atoms with Crippen molar-refractivity contribution in [2.75, 3.05) is 11.1 Å². The molecule has 0 saturated carbocycles. The summed E-state index contributed by atoms with van der Waals surface area (Å²) >= 11 is 2.79. The highest BCUT2D eigenvalue weighted by molar-refractivity contribution is 7.99. The molecule has 1 aliphatic carbocycles. The van der Waals surface area contributed by atoms with E-state index in [0.29, 0.717) is 33.0 Å². The molecular weight excluding hydrogens is 514 g/mol. The first-order valence-electron chi connectivity index (χ1n) is 12.5. The zero-order valence-electron chi connectivity index (χ0n) is 21.6. The molecule has 0 spiro atoms. The number of nitrogens with one attached hydrogen (secondary N) is 1. The van der Waals surface area contributed by atoms with Crippen LogP contribution in [0.4, 0.5) is 5.00 Å². The number of aromatic nitrogens is 3. The number of carbonyl (C=O) groups is 1. The summed E-state index contributed by atoms with van der Waals surface area (Å²) in [4.78, 5) is 14.3. The summed E-state index contributed by atoms with van der Waals surface area (Å²) in [6, 6.07) is 18.9. The minimum Gasteiger partial charge on any atom is -0.507 e. The van der Waals surface area contributed by atoms with E-state index in [1.54, 1.807) is 18.2 Å². The normalized spacial score (nSPS) is 15.1. The Labute approximate surface area is 230 Å². The molecule has 0 fully saturated rings. The van der Waals surface area contributed by atoms with E-state index in [1.807, 2.05) is 41.0 Å². The third-order valence-electron chi connectivity index (χ3n) is 6.98. The minimum atomic E-state index is -0.204. The van der Waals surface area contributed by atoms with Gasteiger partial charge in [-0.2, -0.15) is 5.26 Å². The maximum Gasteiger partial charge on any atom is 0.235 e. The van der Waals surface area contributed by atoms with Gasteiger partial charge >= 0.3 is 0 Å². The Balaban J connectivity index is 1.36. The van der Waals surface area contributed by atoms with Crippen molar-refractivity contribution in [3.05, 3.63) is 70.6 Å². The van der Waals surface area contributed by atoms with E-state index in [2.05, 4.69) is 42.4 Å². The Morgan fingerprint density at radius 2 is 1.92 bits per heavy atom. The number of phenolic OH excluding ortho intramolecular Hbond substituents is 1. The van der Waals surface area contributed by atoms with Crippen LogP contribution in [-0.2, 0) is 17.6 Å². The molecule has 2 aromatic carbocycles. The van der Waals surface area contributed by atoms with E-state index < -0.39 is 0 Å². The first-order chi connectivity index (χ1) is 18.3. The second-order valence-electron chi connectivity index (χ2n) is 10.5. The molecule has 2 N–H and O–H groups in total. The molecule has 0 unspecified atom stereocenters. The van der Waals surface area contributed by atoms with E-state index in [9.17, 15) is 15.2 Å². The summed E-state index contributed by atoms with van der Waals surface area (Å²) in [7, 11) is 0. The van der Waals surface area contributed by atoms with Crippen molar-refractivity contribution in [1.82, 2.24) is 14.8 Å². The van der Waals surface area contributed by atoms with Crippen LogP contribution in [0.25, 0.3) is 17.1 Å². The molecule has 0 radical (unpaired) electrons. The number of rotatable bonds is 6. The van der Waals surface area contributed by atoms with Crippen LogP contribution in [0.2, 0.25) is 0 Å². The van der Waals surface area contributed by atoms with Gasteiger partial charge in [-0.3, -0.25) is 9.36 Å². The summed E-state index contributed by atoms with van der Waals surface area (Å²) in [5.41, 5.74) is 3.28. The number of nitrogens with zero attached hydrogens (tertiary/aromatic N) is 4. The Morgan fingerprint density at radius 1 is 1.18 bits per heavy atom. The molecular formula is C29H29N5O2S2. The Morgan fingerprint density at radius 3 is 2.63 bits per heavy atom. The highest BCUT2D eigenvalue weighted by atomic mass is 32.2. The van der Waals surface area contributed by atoms with Gasteiger partial charge in [-0.25, -0.2) is 0 Å². The number of aromatic hydroxyl groups is 1. The van der Waals surface area contributed by atoms with Crippen molar-refractivity contribution in [2.24, 2.45) is 11.3 Å². The average molecular weight is 544 g/mol. The zero-order chi connectivity index (χ0) is 26.9. The molecule has 1 aliphatic rings. The van der Waals surface area contributed by atoms with Crippen LogP contribution in [-0.4, -0.2) is 31.5 Å². The number of thiophene rings is 1. The predicted octanol–water partition coefficient (Wildman–Crippen LogP) is 6.45. The number of fused-ring (bicyclic) bond motifs is 1. The van der Waals surface area contributed by atoms with Gasteiger partial charge in [0.1, 0.15) is 16.8 Å². The lowest BCUT2D eigenvalue weighted by Crippen LogP contribution is -2.26. The fourth-order valence-corrected chi connectivity index (χ4v) is 6.88. The maximum absolute atomic E-state index is 13.0. The number of thioether (sulfide) groups is 1. The van der Waals surface area contributed by atoms with E-state index in [-0.39, 0.29) is 22.8 Å². The lowest BCUT2D eigenvalue weighted by molar-refractivity contribution is -0.113. The van der Waals surface area contributed by atoms with Crippen LogP contribution >= 0.6 is 23.1 Å². The molecule has 2 heterocycles. The van der Waals surface area contributed by atoms with Crippen molar-refractivity contribution in [1.29, 1.82) is 5.26 Å². The highest BCUT2D eigenvalue weighted by Crippen LogP contribution is 2.44. The standard InChI is InChI=1S/C29H29N5O2S2/c1-29(2,3)18-13-14-20-22(16-30)27(38-24(20)15-18)31-25(36)17-37-28-33-32-26(21-11-7-8-12-23(21)35)34(28)19-9-5-4-6-10-19/h4-12,18,35H,13-15,17H2,1-3H3,(H,31,36)/t18-/m1/s1. The molecule has 1 amide bonds. The van der Waals surface area contributed by atoms with E-state index in [4.69, 9.17) is 0 Å². The second kappa shape index (κ2) is 10.6. The number of para-hydroxylation sites is 2. The van der Waals surface area contributed by atoms with Gasteiger partial charge in [0.15, 0.2) is 11.0 Å². The minimum absolute atomic E-state index is 0.101. The van der Waals surface area contributed by atoms with Crippen molar-refractivity contribution < 1.29 is 9.90 Å². The van der Waals surface area contributed by atoms with Crippen LogP contribution in [0.3, 0.4) is 0 Å². The highest BCUT2D eigenvalue weighted by Gasteiger charge is 2.32. The number of hydrogen-bond donors (Lipinski definition) is 2. The van der Waals surface area contributed by atoms with Gasteiger partial charge in [-0.15, -0.1) is 21.5 Å². The number of amides is 1. The van der Waals surface area contributed by atoms with E-state index >= 15 is 0 Å². The molecule has 7 nitrogen and oxygen atoms in total. The number of phenols is 1. The third-order valence-corrected chi connectivity index (χ3v) is 9.08. The molecule has 0 saturated heterocycles. The smallest absolute Gasteiger partial charge is 0.235 e. The Kier molecular flexibility index (Phi) is 7.28. The fraction of sp³-hybridized carbons (Fsp3) is 0.310. The summed E-state index contributed by atoms with van der Waals surface area (Å²) in [6.07, 6.45) is 2.87. The van der Waals surface area contributed by atoms with Gasteiger partial charge in [-0.05, 0) is 60.4 Å². The van der Waals surface area contributed by atoms with Gasteiger partial charge in [0.2, 0.25) is 5.91 Å². The number of hydrogen-bond acceptors (Lipinski definition) is 7.